The van der Waals surface area contributed by atoms with Crippen molar-refractivity contribution in [2.24, 2.45) is 0 Å². The summed E-state index contributed by atoms with van der Waals surface area (Å²) in [7, 11) is 1.72. The molecule has 2 nitrogen and oxygen atoms in total. The largest absolute Gasteiger partial charge is 0.383 e. The summed E-state index contributed by atoms with van der Waals surface area (Å²) in [5.74, 6) is 0. The zero-order valence-corrected chi connectivity index (χ0v) is 14.0. The molecule has 0 aromatic heterocycles. The predicted molar refractivity (Wildman–Crippen MR) is 83.3 cm³/mol. The van der Waals surface area contributed by atoms with E-state index in [2.05, 4.69) is 60.2 Å². The highest BCUT2D eigenvalue weighted by atomic mass is 79.9. The molecule has 0 aliphatic carbocycles. The van der Waals surface area contributed by atoms with Crippen LogP contribution in [0, 0.1) is 0 Å². The van der Waals surface area contributed by atoms with Gasteiger partial charge in [0.25, 0.3) is 0 Å². The standard InChI is InChI=1S/C14H22BrNOS/c1-14(2,3)18-13-6-5-11(9-12(13)15)10-16-7-8-17-4/h5-6,9,16H,7-8,10H2,1-4H3. The molecule has 0 atom stereocenters. The van der Waals surface area contributed by atoms with Crippen molar-refractivity contribution in [2.75, 3.05) is 20.3 Å². The Hall–Kier alpha value is -0.0300. The summed E-state index contributed by atoms with van der Waals surface area (Å²) in [6.45, 7) is 9.19. The van der Waals surface area contributed by atoms with E-state index in [-0.39, 0.29) is 4.75 Å². The van der Waals surface area contributed by atoms with Crippen molar-refractivity contribution in [3.05, 3.63) is 28.2 Å². The Morgan fingerprint density at radius 1 is 1.33 bits per heavy atom. The van der Waals surface area contributed by atoms with Crippen molar-refractivity contribution >= 4 is 27.7 Å². The SMILES string of the molecule is COCCNCc1ccc(SC(C)(C)C)c(Br)c1. The third kappa shape index (κ3) is 6.23. The molecule has 1 rings (SSSR count). The minimum atomic E-state index is 0.237. The van der Waals surface area contributed by atoms with Gasteiger partial charge >= 0.3 is 0 Å². The van der Waals surface area contributed by atoms with Crippen molar-refractivity contribution < 1.29 is 4.74 Å². The molecule has 0 heterocycles. The molecule has 102 valence electrons. The van der Waals surface area contributed by atoms with Crippen LogP contribution in [0.25, 0.3) is 0 Å². The number of hydrogen-bond donors (Lipinski definition) is 1. The number of methoxy groups -OCH3 is 1. The number of benzene rings is 1. The van der Waals surface area contributed by atoms with Crippen LogP contribution in [0.15, 0.2) is 27.6 Å². The van der Waals surface area contributed by atoms with Crippen LogP contribution in [0.2, 0.25) is 0 Å². The second kappa shape index (κ2) is 7.53. The van der Waals surface area contributed by atoms with E-state index in [1.54, 1.807) is 7.11 Å². The Morgan fingerprint density at radius 2 is 2.06 bits per heavy atom. The first-order chi connectivity index (χ1) is 8.42. The van der Waals surface area contributed by atoms with Crippen molar-refractivity contribution in [2.45, 2.75) is 37.0 Å². The highest BCUT2D eigenvalue weighted by Gasteiger charge is 2.14. The summed E-state index contributed by atoms with van der Waals surface area (Å²) < 4.78 is 6.41. The van der Waals surface area contributed by atoms with Gasteiger partial charge in [0.1, 0.15) is 0 Å². The van der Waals surface area contributed by atoms with Gasteiger partial charge in [-0.15, -0.1) is 11.8 Å². The molecule has 0 amide bonds. The molecule has 4 heteroatoms. The Labute approximate surface area is 123 Å². The molecule has 0 saturated heterocycles. The fraction of sp³-hybridized carbons (Fsp3) is 0.571. The third-order valence-electron chi connectivity index (χ3n) is 2.22. The van der Waals surface area contributed by atoms with Gasteiger partial charge in [-0.1, -0.05) is 26.8 Å². The van der Waals surface area contributed by atoms with Gasteiger partial charge < -0.3 is 10.1 Å². The molecule has 0 aliphatic rings. The molecule has 0 unspecified atom stereocenters. The molecule has 0 fully saturated rings. The highest BCUT2D eigenvalue weighted by Crippen LogP contribution is 2.36. The normalized spacial score (nSPS) is 11.8. The monoisotopic (exact) mass is 331 g/mol. The van der Waals surface area contributed by atoms with Gasteiger partial charge in [-0.2, -0.15) is 0 Å². The predicted octanol–water partition coefficient (Wildman–Crippen LogP) is 4.08. The van der Waals surface area contributed by atoms with Crippen molar-refractivity contribution in [3.63, 3.8) is 0 Å². The summed E-state index contributed by atoms with van der Waals surface area (Å²) >= 11 is 5.53. The molecule has 1 aromatic rings. The summed E-state index contributed by atoms with van der Waals surface area (Å²) in [5.41, 5.74) is 1.29. The quantitative estimate of drug-likeness (QED) is 0.627. The van der Waals surface area contributed by atoms with Crippen LogP contribution in [0.1, 0.15) is 26.3 Å². The van der Waals surface area contributed by atoms with E-state index >= 15 is 0 Å². The first kappa shape index (κ1) is 16.0. The zero-order chi connectivity index (χ0) is 13.6. The maximum atomic E-state index is 5.00. The Balaban J connectivity index is 2.56. The molecule has 1 N–H and O–H groups in total. The van der Waals surface area contributed by atoms with Gasteiger partial charge in [0.05, 0.1) is 6.61 Å². The van der Waals surface area contributed by atoms with Gasteiger partial charge in [0.2, 0.25) is 0 Å². The van der Waals surface area contributed by atoms with Crippen LogP contribution in [-0.4, -0.2) is 25.0 Å². The maximum absolute atomic E-state index is 5.00. The first-order valence-corrected chi connectivity index (χ1v) is 7.70. The zero-order valence-electron chi connectivity index (χ0n) is 11.5. The third-order valence-corrected chi connectivity index (χ3v) is 4.33. The topological polar surface area (TPSA) is 21.3 Å². The van der Waals surface area contributed by atoms with Gasteiger partial charge in [0, 0.05) is 34.3 Å². The van der Waals surface area contributed by atoms with E-state index in [1.807, 2.05) is 11.8 Å². The van der Waals surface area contributed by atoms with Gasteiger partial charge in [-0.25, -0.2) is 0 Å². The average Bonchev–Trinajstić information content (AvgIpc) is 2.26. The number of ether oxygens (including phenoxy) is 1. The number of halogens is 1. The van der Waals surface area contributed by atoms with Crippen LogP contribution < -0.4 is 5.32 Å². The molecular formula is C14H22BrNOS. The number of rotatable bonds is 6. The molecular weight excluding hydrogens is 310 g/mol. The molecule has 1 aromatic carbocycles. The molecule has 0 bridgehead atoms. The Kier molecular flexibility index (Phi) is 6.71. The van der Waals surface area contributed by atoms with Crippen molar-refractivity contribution in [1.82, 2.24) is 5.32 Å². The number of nitrogens with one attached hydrogen (secondary N) is 1. The lowest BCUT2D eigenvalue weighted by molar-refractivity contribution is 0.199. The first-order valence-electron chi connectivity index (χ1n) is 6.09. The molecule has 0 spiro atoms. The second-order valence-corrected chi connectivity index (χ2v) is 7.87. The molecule has 0 saturated carbocycles. The summed E-state index contributed by atoms with van der Waals surface area (Å²) in [5, 5.41) is 3.34. The van der Waals surface area contributed by atoms with Crippen LogP contribution in [0.4, 0.5) is 0 Å². The summed E-state index contributed by atoms with van der Waals surface area (Å²) in [6, 6.07) is 6.56. The molecule has 0 aliphatic heterocycles. The minimum absolute atomic E-state index is 0.237. The lowest BCUT2D eigenvalue weighted by atomic mass is 10.2. The fourth-order valence-electron chi connectivity index (χ4n) is 1.47. The maximum Gasteiger partial charge on any atom is 0.0587 e. The summed E-state index contributed by atoms with van der Waals surface area (Å²) in [6.07, 6.45) is 0. The number of thioether (sulfide) groups is 1. The van der Waals surface area contributed by atoms with E-state index in [0.717, 1.165) is 19.7 Å². The molecule has 0 radical (unpaired) electrons. The van der Waals surface area contributed by atoms with E-state index < -0.39 is 0 Å². The fourth-order valence-corrected chi connectivity index (χ4v) is 3.10. The van der Waals surface area contributed by atoms with Gasteiger partial charge in [-0.3, -0.25) is 0 Å². The van der Waals surface area contributed by atoms with Gasteiger partial charge in [0.15, 0.2) is 0 Å². The van der Waals surface area contributed by atoms with Crippen LogP contribution in [-0.2, 0) is 11.3 Å². The minimum Gasteiger partial charge on any atom is -0.383 e. The van der Waals surface area contributed by atoms with E-state index in [4.69, 9.17) is 4.74 Å². The lowest BCUT2D eigenvalue weighted by Crippen LogP contribution is -2.18. The van der Waals surface area contributed by atoms with Crippen LogP contribution >= 0.6 is 27.7 Å². The van der Waals surface area contributed by atoms with Crippen molar-refractivity contribution in [1.29, 1.82) is 0 Å². The van der Waals surface area contributed by atoms with Crippen molar-refractivity contribution in [3.8, 4) is 0 Å². The van der Waals surface area contributed by atoms with Crippen LogP contribution in [0.5, 0.6) is 0 Å². The molecule has 18 heavy (non-hydrogen) atoms. The smallest absolute Gasteiger partial charge is 0.0587 e. The van der Waals surface area contributed by atoms with E-state index in [1.165, 1.54) is 14.9 Å². The van der Waals surface area contributed by atoms with E-state index in [9.17, 15) is 0 Å². The average molecular weight is 332 g/mol. The highest BCUT2D eigenvalue weighted by molar-refractivity contribution is 9.10. The number of hydrogen-bond acceptors (Lipinski definition) is 3. The van der Waals surface area contributed by atoms with Gasteiger partial charge in [-0.05, 0) is 33.6 Å². The Bertz CT molecular complexity index is 377. The second-order valence-electron chi connectivity index (χ2n) is 5.15. The summed E-state index contributed by atoms with van der Waals surface area (Å²) in [4.78, 5) is 1.29. The lowest BCUT2D eigenvalue weighted by Gasteiger charge is -2.19. The van der Waals surface area contributed by atoms with Crippen LogP contribution in [0.3, 0.4) is 0 Å². The van der Waals surface area contributed by atoms with E-state index in [0.29, 0.717) is 0 Å². The Morgan fingerprint density at radius 3 is 2.61 bits per heavy atom.